The molecule has 1 heterocycles. The molecule has 4 atom stereocenters. The van der Waals surface area contributed by atoms with Crippen molar-refractivity contribution in [1.29, 1.82) is 5.26 Å². The third-order valence-electron chi connectivity index (χ3n) is 5.17. The molecule has 2 fully saturated rings. The van der Waals surface area contributed by atoms with Gasteiger partial charge in [-0.05, 0) is 12.1 Å². The third kappa shape index (κ3) is 1.72. The number of hydrogen-bond acceptors (Lipinski definition) is 3. The lowest BCUT2D eigenvalue weighted by molar-refractivity contribution is -0.123. The first kappa shape index (κ1) is 18.7. The Balaban J connectivity index is 1.94. The number of nitrogens with zero attached hydrogens (tertiary/aromatic N) is 2. The van der Waals surface area contributed by atoms with Gasteiger partial charge >= 0.3 is 0 Å². The molecule has 0 N–H and O–H groups in total. The molecular weight excluding hydrogens is 465 g/mol. The first-order valence-electron chi connectivity index (χ1n) is 7.25. The summed E-state index contributed by atoms with van der Waals surface area (Å²) in [7, 11) is 0. The summed E-state index contributed by atoms with van der Waals surface area (Å²) < 4.78 is -1.97. The number of hydrogen-bond donors (Lipinski definition) is 0. The minimum atomic E-state index is -1.97. The minimum absolute atomic E-state index is 0.126. The Morgan fingerprint density at radius 1 is 0.923 bits per heavy atom. The second kappa shape index (κ2) is 5.44. The van der Waals surface area contributed by atoms with Crippen LogP contribution < -0.4 is 4.90 Å². The highest BCUT2D eigenvalue weighted by Gasteiger charge is 2.87. The molecule has 134 valence electrons. The number of anilines is 1. The molecule has 0 spiro atoms. The van der Waals surface area contributed by atoms with Crippen LogP contribution >= 0.6 is 69.6 Å². The number of benzene rings is 1. The Hall–Kier alpha value is -0.670. The molecule has 1 aromatic carbocycles. The van der Waals surface area contributed by atoms with Crippen LogP contribution in [0.2, 0.25) is 0 Å². The number of alkyl halides is 4. The molecule has 2 aliphatic carbocycles. The van der Waals surface area contributed by atoms with Crippen molar-refractivity contribution in [3.8, 4) is 6.07 Å². The summed E-state index contributed by atoms with van der Waals surface area (Å²) in [5.41, 5.74) is 0.267. The molecule has 10 heteroatoms. The van der Waals surface area contributed by atoms with Gasteiger partial charge in [-0.25, -0.2) is 4.90 Å². The molecule has 1 aliphatic heterocycles. The van der Waals surface area contributed by atoms with Crippen molar-refractivity contribution >= 4 is 87.1 Å². The van der Waals surface area contributed by atoms with Crippen LogP contribution in [0.5, 0.6) is 0 Å². The molecule has 3 aliphatic rings. The van der Waals surface area contributed by atoms with E-state index in [-0.39, 0.29) is 21.3 Å². The van der Waals surface area contributed by atoms with E-state index in [1.54, 1.807) is 12.1 Å². The number of allylic oxidation sites excluding steroid dienone is 2. The smallest absolute Gasteiger partial charge is 0.240 e. The monoisotopic (exact) mass is 468 g/mol. The summed E-state index contributed by atoms with van der Waals surface area (Å²) in [5, 5.41) is 8.99. The van der Waals surface area contributed by atoms with E-state index in [0.717, 1.165) is 4.90 Å². The van der Waals surface area contributed by atoms with Crippen molar-refractivity contribution in [3.05, 3.63) is 39.9 Å². The molecule has 4 rings (SSSR count). The van der Waals surface area contributed by atoms with Gasteiger partial charge in [-0.15, -0.1) is 23.2 Å². The van der Waals surface area contributed by atoms with Gasteiger partial charge in [-0.1, -0.05) is 58.5 Å². The number of carbonyl (C=O) groups excluding carboxylic acids is 2. The standard InChI is InChI=1S/C16H6Cl6N2O2/c17-10-11(18)15(20)9-8(14(10,19)16(15,21)22)12(25)24(13(9)26)7-4-2-1-3-6(7)5-23/h1-4,8-9H/t8-,9+,14-,15-/m1/s1. The zero-order valence-electron chi connectivity index (χ0n) is 12.4. The van der Waals surface area contributed by atoms with Gasteiger partial charge in [-0.3, -0.25) is 9.59 Å². The largest absolute Gasteiger partial charge is 0.274 e. The molecule has 0 aromatic heterocycles. The molecule has 1 saturated carbocycles. The van der Waals surface area contributed by atoms with Gasteiger partial charge < -0.3 is 0 Å². The van der Waals surface area contributed by atoms with Crippen LogP contribution in [0.3, 0.4) is 0 Å². The van der Waals surface area contributed by atoms with Crippen LogP contribution in [0.4, 0.5) is 5.69 Å². The lowest BCUT2D eigenvalue weighted by Gasteiger charge is -2.34. The highest BCUT2D eigenvalue weighted by Crippen LogP contribution is 2.77. The van der Waals surface area contributed by atoms with Crippen molar-refractivity contribution in [2.75, 3.05) is 4.90 Å². The lowest BCUT2D eigenvalue weighted by Crippen LogP contribution is -2.50. The Labute approximate surface area is 178 Å². The van der Waals surface area contributed by atoms with Gasteiger partial charge in [0.2, 0.25) is 11.8 Å². The maximum Gasteiger partial charge on any atom is 0.240 e. The molecule has 2 bridgehead atoms. The van der Waals surface area contributed by atoms with Crippen LogP contribution in [-0.4, -0.2) is 25.9 Å². The van der Waals surface area contributed by atoms with Crippen LogP contribution in [0.15, 0.2) is 34.3 Å². The summed E-state index contributed by atoms with van der Waals surface area (Å²) in [6.45, 7) is 0. The van der Waals surface area contributed by atoms with Crippen LogP contribution in [0, 0.1) is 23.2 Å². The number of para-hydroxylation sites is 1. The van der Waals surface area contributed by atoms with E-state index in [1.807, 2.05) is 6.07 Å². The molecule has 26 heavy (non-hydrogen) atoms. The van der Waals surface area contributed by atoms with Crippen molar-refractivity contribution in [2.24, 2.45) is 11.8 Å². The summed E-state index contributed by atoms with van der Waals surface area (Å²) in [6.07, 6.45) is 0. The van der Waals surface area contributed by atoms with Gasteiger partial charge in [0.25, 0.3) is 0 Å². The topological polar surface area (TPSA) is 61.2 Å². The van der Waals surface area contributed by atoms with Crippen molar-refractivity contribution in [2.45, 2.75) is 14.1 Å². The maximum absolute atomic E-state index is 13.2. The maximum atomic E-state index is 13.2. The predicted octanol–water partition coefficient (Wildman–Crippen LogP) is 4.51. The first-order valence-corrected chi connectivity index (χ1v) is 9.52. The summed E-state index contributed by atoms with van der Waals surface area (Å²) in [4.78, 5) is 23.5. The Morgan fingerprint density at radius 3 is 1.85 bits per heavy atom. The molecular formula is C16H6Cl6N2O2. The fraction of sp³-hybridized carbons (Fsp3) is 0.312. The number of nitriles is 1. The average Bonchev–Trinajstić information content (AvgIpc) is 2.99. The predicted molar refractivity (Wildman–Crippen MR) is 101 cm³/mol. The third-order valence-corrected chi connectivity index (χ3v) is 9.43. The molecule has 0 unspecified atom stereocenters. The van der Waals surface area contributed by atoms with Gasteiger partial charge in [0.05, 0.1) is 33.2 Å². The number of halogens is 6. The number of fused-ring (bicyclic) bond motifs is 5. The highest BCUT2D eigenvalue weighted by atomic mass is 35.5. The quantitative estimate of drug-likeness (QED) is 0.448. The van der Waals surface area contributed by atoms with Crippen LogP contribution in [-0.2, 0) is 9.59 Å². The van der Waals surface area contributed by atoms with Gasteiger partial charge in [0.15, 0.2) is 4.33 Å². The summed E-state index contributed by atoms with van der Waals surface area (Å²) >= 11 is 38.5. The average molecular weight is 471 g/mol. The Kier molecular flexibility index (Phi) is 3.91. The van der Waals surface area contributed by atoms with Crippen molar-refractivity contribution in [1.82, 2.24) is 0 Å². The number of amides is 2. The zero-order valence-corrected chi connectivity index (χ0v) is 17.0. The van der Waals surface area contributed by atoms with E-state index >= 15 is 0 Å². The van der Waals surface area contributed by atoms with Gasteiger partial charge in [0, 0.05) is 0 Å². The van der Waals surface area contributed by atoms with E-state index in [0.29, 0.717) is 0 Å². The van der Waals surface area contributed by atoms with E-state index in [9.17, 15) is 14.9 Å². The Bertz CT molecular complexity index is 924. The lowest BCUT2D eigenvalue weighted by atomic mass is 9.84. The Morgan fingerprint density at radius 2 is 1.38 bits per heavy atom. The van der Waals surface area contributed by atoms with Crippen LogP contribution in [0.1, 0.15) is 5.56 Å². The first-order chi connectivity index (χ1) is 12.1. The van der Waals surface area contributed by atoms with E-state index in [2.05, 4.69) is 0 Å². The van der Waals surface area contributed by atoms with Crippen molar-refractivity contribution in [3.63, 3.8) is 0 Å². The van der Waals surface area contributed by atoms with Gasteiger partial charge in [0.1, 0.15) is 15.8 Å². The normalized spacial score (nSPS) is 37.3. The number of rotatable bonds is 1. The van der Waals surface area contributed by atoms with E-state index in [4.69, 9.17) is 69.6 Å². The second-order valence-electron chi connectivity index (χ2n) is 6.22. The zero-order chi connectivity index (χ0) is 19.2. The second-order valence-corrected chi connectivity index (χ2v) is 9.50. The van der Waals surface area contributed by atoms with Crippen LogP contribution in [0.25, 0.3) is 0 Å². The fourth-order valence-electron chi connectivity index (χ4n) is 4.00. The van der Waals surface area contributed by atoms with E-state index < -0.39 is 37.7 Å². The molecule has 0 radical (unpaired) electrons. The molecule has 1 aromatic rings. The number of carbonyl (C=O) groups is 2. The molecule has 1 saturated heterocycles. The summed E-state index contributed by atoms with van der Waals surface area (Å²) in [6, 6.07) is 8.11. The van der Waals surface area contributed by atoms with E-state index in [1.165, 1.54) is 12.1 Å². The van der Waals surface area contributed by atoms with Crippen molar-refractivity contribution < 1.29 is 9.59 Å². The molecule has 2 amide bonds. The number of imide groups is 1. The fourth-order valence-corrected chi connectivity index (χ4v) is 6.92. The SMILES string of the molecule is N#Cc1ccccc1N1C(=O)[C@@H]2[C@H](C1=O)[C@@]1(Cl)C(Cl)=C(Cl)[C@@]2(Cl)C1(Cl)Cl. The summed E-state index contributed by atoms with van der Waals surface area (Å²) in [5.74, 6) is -3.81. The minimum Gasteiger partial charge on any atom is -0.274 e. The molecule has 4 nitrogen and oxygen atoms in total. The highest BCUT2D eigenvalue weighted by molar-refractivity contribution is 6.67. The van der Waals surface area contributed by atoms with Gasteiger partial charge in [-0.2, -0.15) is 5.26 Å².